The summed E-state index contributed by atoms with van der Waals surface area (Å²) in [6.45, 7) is 5.67. The highest BCUT2D eigenvalue weighted by Gasteiger charge is 2.33. The zero-order chi connectivity index (χ0) is 16.8. The molecule has 0 aliphatic rings. The van der Waals surface area contributed by atoms with Crippen molar-refractivity contribution in [3.05, 3.63) is 24.3 Å². The number of carbonyl (C=O) groups is 2. The number of primary amides is 1. The van der Waals surface area contributed by atoms with Gasteiger partial charge in [-0.15, -0.1) is 0 Å². The molecular formula is C16H24N2O4. The average molecular weight is 308 g/mol. The Bertz CT molecular complexity index is 513. The zero-order valence-corrected chi connectivity index (χ0v) is 13.5. The molecule has 3 N–H and O–H groups in total. The molecule has 1 atom stereocenters. The molecule has 1 rings (SSSR count). The van der Waals surface area contributed by atoms with E-state index in [9.17, 15) is 9.59 Å². The molecule has 0 bridgehead atoms. The van der Waals surface area contributed by atoms with Crippen LogP contribution in [0.25, 0.3) is 0 Å². The highest BCUT2D eigenvalue weighted by atomic mass is 16.5. The predicted octanol–water partition coefficient (Wildman–Crippen LogP) is 1.94. The van der Waals surface area contributed by atoms with Gasteiger partial charge in [-0.3, -0.25) is 9.59 Å². The van der Waals surface area contributed by atoms with Crippen molar-refractivity contribution in [1.82, 2.24) is 0 Å². The molecule has 122 valence electrons. The number of anilines is 1. The fraction of sp³-hybridized carbons (Fsp3) is 0.500. The quantitative estimate of drug-likeness (QED) is 0.768. The molecule has 1 aromatic rings. The Morgan fingerprint density at radius 3 is 2.32 bits per heavy atom. The Hall–Kier alpha value is -2.08. The first-order chi connectivity index (χ1) is 10.3. The fourth-order valence-electron chi connectivity index (χ4n) is 2.10. The highest BCUT2D eigenvalue weighted by molar-refractivity contribution is 5.97. The van der Waals surface area contributed by atoms with Crippen molar-refractivity contribution in [1.29, 1.82) is 0 Å². The summed E-state index contributed by atoms with van der Waals surface area (Å²) in [6, 6.07) is 6.70. The minimum absolute atomic E-state index is 0.179. The van der Waals surface area contributed by atoms with E-state index in [1.165, 1.54) is 7.11 Å². The van der Waals surface area contributed by atoms with Crippen molar-refractivity contribution < 1.29 is 19.1 Å². The van der Waals surface area contributed by atoms with E-state index >= 15 is 0 Å². The molecule has 1 aromatic carbocycles. The minimum atomic E-state index is -0.880. The zero-order valence-electron chi connectivity index (χ0n) is 13.5. The molecule has 0 spiro atoms. The number of amides is 2. The van der Waals surface area contributed by atoms with Gasteiger partial charge in [0, 0.05) is 12.8 Å². The van der Waals surface area contributed by atoms with Gasteiger partial charge in [0.05, 0.1) is 0 Å². The van der Waals surface area contributed by atoms with Crippen molar-refractivity contribution in [2.24, 2.45) is 11.7 Å². The van der Waals surface area contributed by atoms with Crippen molar-refractivity contribution in [2.45, 2.75) is 32.8 Å². The summed E-state index contributed by atoms with van der Waals surface area (Å²) < 4.78 is 10.5. The van der Waals surface area contributed by atoms with E-state index < -0.39 is 11.5 Å². The number of ether oxygens (including phenoxy) is 2. The summed E-state index contributed by atoms with van der Waals surface area (Å²) >= 11 is 0. The summed E-state index contributed by atoms with van der Waals surface area (Å²) in [6.07, 6.45) is 0.620. The molecule has 0 aliphatic heterocycles. The topological polar surface area (TPSA) is 90.7 Å². The first kappa shape index (κ1) is 18.0. The standard InChI is InChI=1S/C16H24N2O4/c1-11(2)9-16(3,21-4)15(20)18-12-5-7-13(8-6-12)22-10-14(17)19/h5-8,11H,9-10H2,1-4H3,(H2,17,19)(H,18,20)/t16-/m1/s1. The lowest BCUT2D eigenvalue weighted by molar-refractivity contribution is -0.137. The maximum absolute atomic E-state index is 12.4. The lowest BCUT2D eigenvalue weighted by atomic mass is 9.93. The van der Waals surface area contributed by atoms with Crippen LogP contribution in [0.15, 0.2) is 24.3 Å². The number of carbonyl (C=O) groups excluding carboxylic acids is 2. The number of benzene rings is 1. The maximum atomic E-state index is 12.4. The number of nitrogens with two attached hydrogens (primary N) is 1. The van der Waals surface area contributed by atoms with Crippen LogP contribution in [0.2, 0.25) is 0 Å². The Kier molecular flexibility index (Phi) is 6.37. The third kappa shape index (κ3) is 5.37. The lowest BCUT2D eigenvalue weighted by Gasteiger charge is -2.28. The van der Waals surface area contributed by atoms with Gasteiger partial charge in [-0.1, -0.05) is 13.8 Å². The molecule has 0 saturated carbocycles. The number of nitrogens with one attached hydrogen (secondary N) is 1. The predicted molar refractivity (Wildman–Crippen MR) is 84.6 cm³/mol. The monoisotopic (exact) mass is 308 g/mol. The second kappa shape index (κ2) is 7.79. The summed E-state index contributed by atoms with van der Waals surface area (Å²) in [7, 11) is 1.53. The Labute approximate surface area is 131 Å². The van der Waals surface area contributed by atoms with Crippen molar-refractivity contribution >= 4 is 17.5 Å². The van der Waals surface area contributed by atoms with Crippen LogP contribution in [0, 0.1) is 5.92 Å². The van der Waals surface area contributed by atoms with E-state index in [1.807, 2.05) is 13.8 Å². The van der Waals surface area contributed by atoms with Crippen LogP contribution in [0.5, 0.6) is 5.75 Å². The molecule has 6 nitrogen and oxygen atoms in total. The normalized spacial score (nSPS) is 13.5. The second-order valence-electron chi connectivity index (χ2n) is 5.77. The average Bonchev–Trinajstić information content (AvgIpc) is 2.45. The van der Waals surface area contributed by atoms with E-state index in [1.54, 1.807) is 31.2 Å². The largest absolute Gasteiger partial charge is 0.484 e. The van der Waals surface area contributed by atoms with E-state index in [0.29, 0.717) is 23.8 Å². The highest BCUT2D eigenvalue weighted by Crippen LogP contribution is 2.23. The Morgan fingerprint density at radius 1 is 1.27 bits per heavy atom. The number of hydrogen-bond donors (Lipinski definition) is 2. The molecular weight excluding hydrogens is 284 g/mol. The smallest absolute Gasteiger partial charge is 0.256 e. The molecule has 6 heteroatoms. The van der Waals surface area contributed by atoms with Crippen LogP contribution >= 0.6 is 0 Å². The van der Waals surface area contributed by atoms with Crippen LogP contribution in [-0.2, 0) is 14.3 Å². The van der Waals surface area contributed by atoms with Gasteiger partial charge in [0.2, 0.25) is 0 Å². The fourth-order valence-corrected chi connectivity index (χ4v) is 2.10. The first-order valence-corrected chi connectivity index (χ1v) is 7.14. The van der Waals surface area contributed by atoms with E-state index in [4.69, 9.17) is 15.2 Å². The number of methoxy groups -OCH3 is 1. The van der Waals surface area contributed by atoms with Gasteiger partial charge < -0.3 is 20.5 Å². The van der Waals surface area contributed by atoms with Gasteiger partial charge in [-0.2, -0.15) is 0 Å². The molecule has 0 heterocycles. The summed E-state index contributed by atoms with van der Waals surface area (Å²) in [4.78, 5) is 23.0. The van der Waals surface area contributed by atoms with Gasteiger partial charge in [0.15, 0.2) is 6.61 Å². The number of hydrogen-bond acceptors (Lipinski definition) is 4. The van der Waals surface area contributed by atoms with E-state index in [-0.39, 0.29) is 12.5 Å². The molecule has 22 heavy (non-hydrogen) atoms. The molecule has 2 amide bonds. The summed E-state index contributed by atoms with van der Waals surface area (Å²) in [5.41, 5.74) is 4.75. The van der Waals surface area contributed by atoms with Gasteiger partial charge in [-0.05, 0) is 43.5 Å². The lowest BCUT2D eigenvalue weighted by Crippen LogP contribution is -2.43. The van der Waals surface area contributed by atoms with Crippen molar-refractivity contribution in [2.75, 3.05) is 19.0 Å². The molecule has 0 aromatic heterocycles. The molecule has 0 unspecified atom stereocenters. The van der Waals surface area contributed by atoms with E-state index in [0.717, 1.165) is 0 Å². The SMILES string of the molecule is CO[C@](C)(CC(C)C)C(=O)Nc1ccc(OCC(N)=O)cc1. The van der Waals surface area contributed by atoms with Crippen molar-refractivity contribution in [3.8, 4) is 5.75 Å². The molecule has 0 saturated heterocycles. The third-order valence-corrected chi connectivity index (χ3v) is 3.22. The Balaban J connectivity index is 2.69. The number of rotatable bonds is 8. The Morgan fingerprint density at radius 2 is 1.86 bits per heavy atom. The third-order valence-electron chi connectivity index (χ3n) is 3.22. The van der Waals surface area contributed by atoms with Gasteiger partial charge >= 0.3 is 0 Å². The van der Waals surface area contributed by atoms with Crippen LogP contribution in [0.4, 0.5) is 5.69 Å². The van der Waals surface area contributed by atoms with Crippen LogP contribution in [0.3, 0.4) is 0 Å². The van der Waals surface area contributed by atoms with E-state index in [2.05, 4.69) is 5.32 Å². The molecule has 0 fully saturated rings. The van der Waals surface area contributed by atoms with Crippen LogP contribution in [0.1, 0.15) is 27.2 Å². The minimum Gasteiger partial charge on any atom is -0.484 e. The van der Waals surface area contributed by atoms with Crippen molar-refractivity contribution in [3.63, 3.8) is 0 Å². The van der Waals surface area contributed by atoms with Gasteiger partial charge in [0.1, 0.15) is 11.4 Å². The molecule has 0 radical (unpaired) electrons. The van der Waals surface area contributed by atoms with Crippen LogP contribution < -0.4 is 15.8 Å². The van der Waals surface area contributed by atoms with Gasteiger partial charge in [0.25, 0.3) is 11.8 Å². The second-order valence-corrected chi connectivity index (χ2v) is 5.77. The summed E-state index contributed by atoms with van der Waals surface area (Å²) in [5.74, 6) is 0.102. The van der Waals surface area contributed by atoms with Crippen LogP contribution in [-0.4, -0.2) is 31.1 Å². The molecule has 0 aliphatic carbocycles. The maximum Gasteiger partial charge on any atom is 0.256 e. The summed E-state index contributed by atoms with van der Waals surface area (Å²) in [5, 5.41) is 2.82. The first-order valence-electron chi connectivity index (χ1n) is 7.14. The van der Waals surface area contributed by atoms with Gasteiger partial charge in [-0.25, -0.2) is 0 Å².